The van der Waals surface area contributed by atoms with Gasteiger partial charge in [-0.05, 0) is 68.4 Å². The van der Waals surface area contributed by atoms with Crippen LogP contribution in [0.3, 0.4) is 0 Å². The lowest BCUT2D eigenvalue weighted by atomic mass is 9.64. The molecule has 12 heteroatoms. The number of anilines is 1. The molecular formula is C42H60N4O8. The number of nitrogens with zero attached hydrogens (tertiary/aromatic N) is 1. The van der Waals surface area contributed by atoms with Gasteiger partial charge in [0.05, 0.1) is 43.9 Å². The van der Waals surface area contributed by atoms with Gasteiger partial charge in [-0.2, -0.15) is 0 Å². The van der Waals surface area contributed by atoms with Gasteiger partial charge in [0.1, 0.15) is 5.75 Å². The largest absolute Gasteiger partial charge is 0.493 e. The standard InChI is InChI=1S/C42H60N4O8/c1-25(2)23-44-37(49)22-35(48)34(20-29-14-10-8-11-15-29)45-41(52)42(28(6)47,46(39(50)27(5)43)31-16-12-9-13-17-31)38(26(3)4)33-24-54-36-19-18-30(21-32(33)36)40(51)53-7/h9,12-13,16-19,21,25-27,29,33-35,38,48H,8,10-11,14-15,20,22-24,43H2,1-7H3,(H,44,49)(H,45,52)/t27-,33?,34-,35-,38?,42+/m0/s1. The lowest BCUT2D eigenvalue weighted by Crippen LogP contribution is -2.73. The normalized spacial score (nSPS) is 19.1. The molecule has 0 radical (unpaired) electrons. The van der Waals surface area contributed by atoms with Gasteiger partial charge in [0.2, 0.25) is 11.8 Å². The van der Waals surface area contributed by atoms with Crippen molar-refractivity contribution in [1.29, 1.82) is 0 Å². The maximum absolute atomic E-state index is 15.6. The van der Waals surface area contributed by atoms with Crippen molar-refractivity contribution < 1.29 is 38.6 Å². The number of amides is 3. The molecule has 1 aliphatic carbocycles. The summed E-state index contributed by atoms with van der Waals surface area (Å²) >= 11 is 0. The number of benzene rings is 2. The highest BCUT2D eigenvalue weighted by atomic mass is 16.5. The first-order chi connectivity index (χ1) is 25.6. The zero-order chi connectivity index (χ0) is 39.7. The van der Waals surface area contributed by atoms with Crippen LogP contribution in [-0.4, -0.2) is 78.6 Å². The summed E-state index contributed by atoms with van der Waals surface area (Å²) in [5.41, 5.74) is 5.24. The van der Waals surface area contributed by atoms with Crippen molar-refractivity contribution in [3.05, 3.63) is 59.7 Å². The zero-order valence-electron chi connectivity index (χ0n) is 32.9. The summed E-state index contributed by atoms with van der Waals surface area (Å²) in [6, 6.07) is 11.4. The summed E-state index contributed by atoms with van der Waals surface area (Å²) in [7, 11) is 1.29. The summed E-state index contributed by atoms with van der Waals surface area (Å²) in [6.45, 7) is 11.0. The molecule has 1 heterocycles. The highest BCUT2D eigenvalue weighted by molar-refractivity contribution is 6.19. The molecule has 6 atom stereocenters. The molecule has 2 aromatic rings. The number of ether oxygens (including phenoxy) is 2. The van der Waals surface area contributed by atoms with E-state index in [4.69, 9.17) is 15.2 Å². The lowest BCUT2D eigenvalue weighted by molar-refractivity contribution is -0.144. The van der Waals surface area contributed by atoms with Crippen molar-refractivity contribution in [2.45, 2.75) is 116 Å². The molecule has 0 bridgehead atoms. The molecule has 0 saturated heterocycles. The van der Waals surface area contributed by atoms with E-state index in [1.807, 2.05) is 27.7 Å². The van der Waals surface area contributed by atoms with Crippen LogP contribution >= 0.6 is 0 Å². The number of carbonyl (C=O) groups is 5. The summed E-state index contributed by atoms with van der Waals surface area (Å²) in [6.07, 6.45) is 3.79. The summed E-state index contributed by atoms with van der Waals surface area (Å²) < 4.78 is 11.2. The Bertz CT molecular complexity index is 1620. The molecule has 1 saturated carbocycles. The number of rotatable bonds is 17. The van der Waals surface area contributed by atoms with E-state index in [1.54, 1.807) is 48.5 Å². The molecular weight excluding hydrogens is 688 g/mol. The average Bonchev–Trinajstić information content (AvgIpc) is 3.55. The van der Waals surface area contributed by atoms with E-state index in [-0.39, 0.29) is 42.0 Å². The Labute approximate surface area is 319 Å². The third kappa shape index (κ3) is 9.49. The number of nitrogens with two attached hydrogens (primary N) is 1. The van der Waals surface area contributed by atoms with Gasteiger partial charge in [-0.15, -0.1) is 0 Å². The number of para-hydroxylation sites is 1. The molecule has 3 amide bonds. The van der Waals surface area contributed by atoms with Crippen LogP contribution in [0, 0.1) is 23.7 Å². The van der Waals surface area contributed by atoms with E-state index in [9.17, 15) is 24.3 Å². The summed E-state index contributed by atoms with van der Waals surface area (Å²) in [5, 5.41) is 17.7. The van der Waals surface area contributed by atoms with Crippen molar-refractivity contribution >= 4 is 35.2 Å². The first kappa shape index (κ1) is 42.5. The maximum atomic E-state index is 15.6. The number of Topliss-reactive ketones (excluding diaryl/α,β-unsaturated/α-hetero) is 1. The predicted molar refractivity (Wildman–Crippen MR) is 207 cm³/mol. The predicted octanol–water partition coefficient (Wildman–Crippen LogP) is 4.91. The van der Waals surface area contributed by atoms with E-state index >= 15 is 4.79 Å². The average molecular weight is 749 g/mol. The molecule has 2 aromatic carbocycles. The van der Waals surface area contributed by atoms with Crippen LogP contribution < -0.4 is 26.0 Å². The molecule has 1 fully saturated rings. The minimum absolute atomic E-state index is 0.0598. The van der Waals surface area contributed by atoms with E-state index in [1.165, 1.54) is 25.9 Å². The topological polar surface area (TPSA) is 177 Å². The van der Waals surface area contributed by atoms with E-state index in [2.05, 4.69) is 10.6 Å². The lowest BCUT2D eigenvalue weighted by Gasteiger charge is -2.50. The monoisotopic (exact) mass is 748 g/mol. The fourth-order valence-corrected chi connectivity index (χ4v) is 8.35. The molecule has 1 aliphatic heterocycles. The van der Waals surface area contributed by atoms with Crippen LogP contribution in [0.5, 0.6) is 5.75 Å². The van der Waals surface area contributed by atoms with Gasteiger partial charge in [-0.25, -0.2) is 4.79 Å². The Kier molecular flexibility index (Phi) is 14.8. The number of aliphatic hydroxyl groups excluding tert-OH is 1. The van der Waals surface area contributed by atoms with Crippen LogP contribution in [0.1, 0.15) is 108 Å². The van der Waals surface area contributed by atoms with Crippen LogP contribution in [0.4, 0.5) is 5.69 Å². The van der Waals surface area contributed by atoms with Gasteiger partial charge in [0, 0.05) is 29.6 Å². The van der Waals surface area contributed by atoms with E-state index < -0.39 is 65.0 Å². The maximum Gasteiger partial charge on any atom is 0.337 e. The van der Waals surface area contributed by atoms with Crippen LogP contribution in [0.25, 0.3) is 0 Å². The van der Waals surface area contributed by atoms with Crippen molar-refractivity contribution in [3.63, 3.8) is 0 Å². The highest BCUT2D eigenvalue weighted by Gasteiger charge is 2.61. The molecule has 2 unspecified atom stereocenters. The highest BCUT2D eigenvalue weighted by Crippen LogP contribution is 2.49. The smallest absolute Gasteiger partial charge is 0.337 e. The van der Waals surface area contributed by atoms with Crippen molar-refractivity contribution in [3.8, 4) is 5.75 Å². The second-order valence-electron chi connectivity index (χ2n) is 15.8. The zero-order valence-corrected chi connectivity index (χ0v) is 32.9. The van der Waals surface area contributed by atoms with Crippen molar-refractivity contribution in [2.75, 3.05) is 25.2 Å². The van der Waals surface area contributed by atoms with Crippen molar-refractivity contribution in [1.82, 2.24) is 10.6 Å². The number of ketones is 1. The minimum atomic E-state index is -2.23. The van der Waals surface area contributed by atoms with Gasteiger partial charge >= 0.3 is 5.97 Å². The number of aliphatic hydroxyl groups is 1. The molecule has 296 valence electrons. The third-order valence-corrected chi connectivity index (χ3v) is 10.9. The fourth-order valence-electron chi connectivity index (χ4n) is 8.35. The van der Waals surface area contributed by atoms with E-state index in [0.29, 0.717) is 24.3 Å². The molecule has 2 aliphatic rings. The Morgan fingerprint density at radius 1 is 1.00 bits per heavy atom. The summed E-state index contributed by atoms with van der Waals surface area (Å²) in [4.78, 5) is 72.0. The number of nitrogens with one attached hydrogen (secondary N) is 2. The van der Waals surface area contributed by atoms with Gasteiger partial charge in [-0.3, -0.25) is 24.1 Å². The van der Waals surface area contributed by atoms with Crippen LogP contribution in [0.2, 0.25) is 0 Å². The van der Waals surface area contributed by atoms with Gasteiger partial charge < -0.3 is 30.9 Å². The quantitative estimate of drug-likeness (QED) is 0.129. The van der Waals surface area contributed by atoms with Gasteiger partial charge in [-0.1, -0.05) is 78.0 Å². The molecule has 0 aromatic heterocycles. The number of hydrogen-bond donors (Lipinski definition) is 4. The number of fused-ring (bicyclic) bond motifs is 1. The third-order valence-electron chi connectivity index (χ3n) is 10.9. The molecule has 5 N–H and O–H groups in total. The Balaban J connectivity index is 1.94. The van der Waals surface area contributed by atoms with Gasteiger partial charge in [0.15, 0.2) is 11.3 Å². The van der Waals surface area contributed by atoms with Crippen LogP contribution in [0.15, 0.2) is 48.5 Å². The van der Waals surface area contributed by atoms with Gasteiger partial charge in [0.25, 0.3) is 5.91 Å². The first-order valence-corrected chi connectivity index (χ1v) is 19.4. The Morgan fingerprint density at radius 2 is 1.67 bits per heavy atom. The number of methoxy groups -OCH3 is 1. The van der Waals surface area contributed by atoms with E-state index in [0.717, 1.165) is 32.1 Å². The second-order valence-corrected chi connectivity index (χ2v) is 15.8. The Hall–Kier alpha value is -4.29. The molecule has 4 rings (SSSR count). The van der Waals surface area contributed by atoms with Crippen LogP contribution in [-0.2, 0) is 23.9 Å². The number of carbonyl (C=O) groups excluding carboxylic acids is 5. The van der Waals surface area contributed by atoms with Crippen molar-refractivity contribution in [2.24, 2.45) is 29.4 Å². The SMILES string of the molecule is COC(=O)c1ccc2c(c1)C(C(C(C)C)[C@](C(C)=O)(C(=O)N[C@@H](CC1CCCCC1)[C@@H](O)CC(=O)NCC(C)C)N(C(=O)[C@H](C)N)c1ccccc1)CO2. The fraction of sp³-hybridized carbons (Fsp3) is 0.595. The molecule has 12 nitrogen and oxygen atoms in total. The number of esters is 1. The first-order valence-electron chi connectivity index (χ1n) is 19.4. The Morgan fingerprint density at radius 3 is 2.24 bits per heavy atom. The second kappa shape index (κ2) is 18.8. The summed E-state index contributed by atoms with van der Waals surface area (Å²) in [5.74, 6) is -4.13. The molecule has 54 heavy (non-hydrogen) atoms. The molecule has 0 spiro atoms. The minimum Gasteiger partial charge on any atom is -0.493 e. The number of hydrogen-bond acceptors (Lipinski definition) is 9.